The third-order valence-electron chi connectivity index (χ3n) is 1.78. The van der Waals surface area contributed by atoms with E-state index in [1.54, 1.807) is 20.8 Å². The quantitative estimate of drug-likeness (QED) is 0.588. The van der Waals surface area contributed by atoms with E-state index >= 15 is 0 Å². The van der Waals surface area contributed by atoms with Crippen LogP contribution in [0.4, 0.5) is 0 Å². The molecule has 1 rings (SSSR count). The Labute approximate surface area is 116 Å². The van der Waals surface area contributed by atoms with E-state index in [1.807, 2.05) is 0 Å². The van der Waals surface area contributed by atoms with Crippen molar-refractivity contribution in [3.63, 3.8) is 0 Å². The van der Waals surface area contributed by atoms with Gasteiger partial charge in [0.15, 0.2) is 11.5 Å². The summed E-state index contributed by atoms with van der Waals surface area (Å²) in [6, 6.07) is 1.29. The highest BCUT2D eigenvalue weighted by atomic mass is 79.9. The number of hydrogen-bond donors (Lipinski definition) is 2. The van der Waals surface area contributed by atoms with Gasteiger partial charge in [0, 0.05) is 4.47 Å². The molecular weight excluding hydrogens is 356 g/mol. The maximum Gasteiger partial charge on any atom is 0.343 e. The number of hydrogen-bond acceptors (Lipinski definition) is 4. The van der Waals surface area contributed by atoms with Crippen LogP contribution >= 0.6 is 31.9 Å². The van der Waals surface area contributed by atoms with Gasteiger partial charge in [0.2, 0.25) is 0 Å². The predicted molar refractivity (Wildman–Crippen MR) is 70.3 cm³/mol. The summed E-state index contributed by atoms with van der Waals surface area (Å²) < 4.78 is 5.92. The van der Waals surface area contributed by atoms with Gasteiger partial charge in [-0.3, -0.25) is 0 Å². The van der Waals surface area contributed by atoms with Crippen LogP contribution in [0.25, 0.3) is 0 Å². The molecule has 4 nitrogen and oxygen atoms in total. The molecule has 17 heavy (non-hydrogen) atoms. The molecular formula is C11H12Br2O4. The number of esters is 1. The molecule has 0 aliphatic rings. The highest BCUT2D eigenvalue weighted by molar-refractivity contribution is 9.13. The van der Waals surface area contributed by atoms with Gasteiger partial charge in [0.1, 0.15) is 11.2 Å². The summed E-state index contributed by atoms with van der Waals surface area (Å²) in [7, 11) is 0. The minimum Gasteiger partial charge on any atom is -0.504 e. The van der Waals surface area contributed by atoms with Gasteiger partial charge in [0.05, 0.1) is 4.47 Å². The van der Waals surface area contributed by atoms with Gasteiger partial charge < -0.3 is 14.9 Å². The smallest absolute Gasteiger partial charge is 0.343 e. The fraction of sp³-hybridized carbons (Fsp3) is 0.364. The topological polar surface area (TPSA) is 66.8 Å². The van der Waals surface area contributed by atoms with Crippen LogP contribution in [-0.2, 0) is 4.74 Å². The summed E-state index contributed by atoms with van der Waals surface area (Å²) in [5.74, 6) is -1.60. The Morgan fingerprint density at radius 2 is 1.82 bits per heavy atom. The zero-order valence-corrected chi connectivity index (χ0v) is 12.7. The lowest BCUT2D eigenvalue weighted by Crippen LogP contribution is -2.24. The lowest BCUT2D eigenvalue weighted by molar-refractivity contribution is 0.00650. The molecule has 0 aromatic heterocycles. The molecule has 0 aliphatic heterocycles. The second kappa shape index (κ2) is 4.86. The van der Waals surface area contributed by atoms with Crippen molar-refractivity contribution in [1.29, 1.82) is 0 Å². The van der Waals surface area contributed by atoms with Crippen molar-refractivity contribution in [2.45, 2.75) is 26.4 Å². The summed E-state index contributed by atoms with van der Waals surface area (Å²) in [5.41, 5.74) is -0.784. The van der Waals surface area contributed by atoms with Crippen LogP contribution in [0, 0.1) is 0 Å². The van der Waals surface area contributed by atoms with Crippen molar-refractivity contribution in [1.82, 2.24) is 0 Å². The van der Waals surface area contributed by atoms with E-state index < -0.39 is 17.3 Å². The number of benzene rings is 1. The molecule has 0 saturated heterocycles. The zero-order valence-electron chi connectivity index (χ0n) is 9.54. The molecule has 1 aromatic rings. The number of phenolic OH excluding ortho intramolecular Hbond substituents is 2. The van der Waals surface area contributed by atoms with E-state index in [0.29, 0.717) is 8.95 Å². The fourth-order valence-electron chi connectivity index (χ4n) is 1.12. The maximum absolute atomic E-state index is 11.9. The lowest BCUT2D eigenvalue weighted by Gasteiger charge is -2.20. The molecule has 0 amide bonds. The summed E-state index contributed by atoms with van der Waals surface area (Å²) >= 11 is 6.31. The monoisotopic (exact) mass is 366 g/mol. The number of rotatable bonds is 1. The third-order valence-corrected chi connectivity index (χ3v) is 3.76. The molecule has 94 valence electrons. The van der Waals surface area contributed by atoms with Gasteiger partial charge in [-0.25, -0.2) is 4.79 Å². The molecule has 6 heteroatoms. The molecule has 0 aliphatic carbocycles. The first-order valence-corrected chi connectivity index (χ1v) is 6.35. The number of aromatic hydroxyl groups is 2. The van der Waals surface area contributed by atoms with Crippen molar-refractivity contribution in [2.75, 3.05) is 0 Å². The van der Waals surface area contributed by atoms with Crippen LogP contribution in [0.5, 0.6) is 11.5 Å². The van der Waals surface area contributed by atoms with Crippen molar-refractivity contribution < 1.29 is 19.7 Å². The first-order valence-electron chi connectivity index (χ1n) is 4.76. The van der Waals surface area contributed by atoms with Crippen LogP contribution in [0.15, 0.2) is 15.0 Å². The van der Waals surface area contributed by atoms with Gasteiger partial charge in [-0.2, -0.15) is 0 Å². The summed E-state index contributed by atoms with van der Waals surface area (Å²) in [6.07, 6.45) is 0. The highest BCUT2D eigenvalue weighted by Crippen LogP contribution is 2.40. The lowest BCUT2D eigenvalue weighted by atomic mass is 10.1. The van der Waals surface area contributed by atoms with Crippen LogP contribution in [0.1, 0.15) is 31.1 Å². The second-order valence-corrected chi connectivity index (χ2v) is 6.06. The van der Waals surface area contributed by atoms with E-state index in [0.717, 1.165) is 0 Å². The molecule has 0 saturated carbocycles. The van der Waals surface area contributed by atoms with Gasteiger partial charge in [-0.1, -0.05) is 0 Å². The fourth-order valence-corrected chi connectivity index (χ4v) is 2.00. The Morgan fingerprint density at radius 3 is 2.29 bits per heavy atom. The molecule has 0 atom stereocenters. The number of carbonyl (C=O) groups excluding carboxylic acids is 1. The van der Waals surface area contributed by atoms with E-state index in [-0.39, 0.29) is 11.3 Å². The highest BCUT2D eigenvalue weighted by Gasteiger charge is 2.26. The van der Waals surface area contributed by atoms with Gasteiger partial charge >= 0.3 is 5.97 Å². The maximum atomic E-state index is 11.9. The van der Waals surface area contributed by atoms with Crippen molar-refractivity contribution >= 4 is 37.8 Å². The summed E-state index contributed by atoms with van der Waals surface area (Å²) in [6.45, 7) is 5.15. The third kappa shape index (κ3) is 3.35. The van der Waals surface area contributed by atoms with Crippen LogP contribution in [-0.4, -0.2) is 21.8 Å². The Hall–Kier alpha value is -0.750. The standard InChI is InChI=1S/C11H12Br2O4/c1-11(2,3)17-10(16)7-8(13)5(12)4-6(14)9(7)15/h4,14-15H,1-3H3. The van der Waals surface area contributed by atoms with E-state index in [4.69, 9.17) is 4.74 Å². The number of ether oxygens (including phenoxy) is 1. The molecule has 1 aromatic carbocycles. The van der Waals surface area contributed by atoms with Crippen LogP contribution in [0.2, 0.25) is 0 Å². The zero-order chi connectivity index (χ0) is 13.4. The van der Waals surface area contributed by atoms with Crippen molar-refractivity contribution in [3.05, 3.63) is 20.6 Å². The number of carbonyl (C=O) groups is 1. The molecule has 0 bridgehead atoms. The second-order valence-electron chi connectivity index (χ2n) is 4.42. The van der Waals surface area contributed by atoms with Gasteiger partial charge in [0.25, 0.3) is 0 Å². The van der Waals surface area contributed by atoms with Crippen molar-refractivity contribution in [3.8, 4) is 11.5 Å². The molecule has 2 N–H and O–H groups in total. The first-order chi connectivity index (χ1) is 7.63. The van der Waals surface area contributed by atoms with E-state index in [1.165, 1.54) is 6.07 Å². The Bertz CT molecular complexity index is 437. The Morgan fingerprint density at radius 1 is 1.29 bits per heavy atom. The summed E-state index contributed by atoms with van der Waals surface area (Å²) in [4.78, 5) is 11.9. The van der Waals surface area contributed by atoms with Crippen LogP contribution < -0.4 is 0 Å². The number of halogens is 2. The molecule has 0 fully saturated rings. The minimum absolute atomic E-state index is 0.105. The number of phenols is 2. The molecule has 0 heterocycles. The average Bonchev–Trinajstić information content (AvgIpc) is 2.12. The van der Waals surface area contributed by atoms with Crippen molar-refractivity contribution in [2.24, 2.45) is 0 Å². The Balaban J connectivity index is 3.27. The molecule has 0 spiro atoms. The average molecular weight is 368 g/mol. The Kier molecular flexibility index (Phi) is 4.09. The SMILES string of the molecule is CC(C)(C)OC(=O)c1c(O)c(O)cc(Br)c1Br. The molecule has 0 unspecified atom stereocenters. The van der Waals surface area contributed by atoms with Gasteiger partial charge in [-0.15, -0.1) is 0 Å². The first kappa shape index (κ1) is 14.3. The van der Waals surface area contributed by atoms with Gasteiger partial charge in [-0.05, 0) is 58.7 Å². The minimum atomic E-state index is -0.710. The normalized spacial score (nSPS) is 11.4. The van der Waals surface area contributed by atoms with Crippen LogP contribution in [0.3, 0.4) is 0 Å². The predicted octanol–water partition coefficient (Wildman–Crippen LogP) is 3.58. The molecule has 0 radical (unpaired) electrons. The largest absolute Gasteiger partial charge is 0.504 e. The summed E-state index contributed by atoms with van der Waals surface area (Å²) in [5, 5.41) is 19.1. The van der Waals surface area contributed by atoms with E-state index in [9.17, 15) is 15.0 Å². The van der Waals surface area contributed by atoms with E-state index in [2.05, 4.69) is 31.9 Å².